The van der Waals surface area contributed by atoms with E-state index in [4.69, 9.17) is 4.52 Å². The highest BCUT2D eigenvalue weighted by Gasteiger charge is 2.08. The van der Waals surface area contributed by atoms with Crippen molar-refractivity contribution in [2.75, 3.05) is 11.9 Å². The Morgan fingerprint density at radius 1 is 1.33 bits per heavy atom. The third-order valence-corrected chi connectivity index (χ3v) is 2.79. The lowest BCUT2D eigenvalue weighted by atomic mass is 10.1. The van der Waals surface area contributed by atoms with Crippen molar-refractivity contribution in [3.8, 4) is 0 Å². The fourth-order valence-corrected chi connectivity index (χ4v) is 1.63. The summed E-state index contributed by atoms with van der Waals surface area (Å²) in [7, 11) is 0. The summed E-state index contributed by atoms with van der Waals surface area (Å²) in [6.07, 6.45) is 3.90. The molecule has 0 atom stereocenters. The summed E-state index contributed by atoms with van der Waals surface area (Å²) in [5.41, 5.74) is 0.431. The van der Waals surface area contributed by atoms with Crippen molar-refractivity contribution in [3.63, 3.8) is 0 Å². The Bertz CT molecular complexity index is 592. The zero-order valence-electron chi connectivity index (χ0n) is 12.4. The number of amides is 1. The van der Waals surface area contributed by atoms with Crippen LogP contribution >= 0.6 is 0 Å². The molecule has 112 valence electrons. The van der Waals surface area contributed by atoms with Crippen LogP contribution in [0.2, 0.25) is 0 Å². The minimum Gasteiger partial charge on any atom is -0.360 e. The van der Waals surface area contributed by atoms with Gasteiger partial charge >= 0.3 is 0 Å². The molecule has 0 saturated heterocycles. The summed E-state index contributed by atoms with van der Waals surface area (Å²) in [4.78, 5) is 20.0. The molecular formula is C14H19N5O2. The number of aromatic nitrogens is 3. The maximum atomic E-state index is 11.9. The number of anilines is 2. The van der Waals surface area contributed by atoms with Gasteiger partial charge < -0.3 is 15.2 Å². The second-order valence-electron chi connectivity index (χ2n) is 5.18. The van der Waals surface area contributed by atoms with Crippen LogP contribution in [-0.4, -0.2) is 27.6 Å². The third kappa shape index (κ3) is 4.55. The molecule has 2 rings (SSSR count). The number of carbonyl (C=O) groups excluding carboxylic acids is 1. The van der Waals surface area contributed by atoms with E-state index in [0.29, 0.717) is 35.6 Å². The molecule has 0 aliphatic heterocycles. The van der Waals surface area contributed by atoms with Gasteiger partial charge in [0.25, 0.3) is 5.91 Å². The van der Waals surface area contributed by atoms with Gasteiger partial charge in [0.15, 0.2) is 5.82 Å². The Morgan fingerprint density at radius 3 is 2.62 bits per heavy atom. The largest absolute Gasteiger partial charge is 0.360 e. The van der Waals surface area contributed by atoms with Gasteiger partial charge in [-0.25, -0.2) is 9.97 Å². The Labute approximate surface area is 123 Å². The summed E-state index contributed by atoms with van der Waals surface area (Å²) >= 11 is 0. The van der Waals surface area contributed by atoms with Crippen molar-refractivity contribution in [1.29, 1.82) is 0 Å². The first-order valence-corrected chi connectivity index (χ1v) is 6.85. The minimum absolute atomic E-state index is 0.167. The zero-order valence-corrected chi connectivity index (χ0v) is 12.4. The van der Waals surface area contributed by atoms with E-state index >= 15 is 0 Å². The first kappa shape index (κ1) is 15.0. The van der Waals surface area contributed by atoms with Crippen LogP contribution in [0.1, 0.15) is 36.4 Å². The lowest BCUT2D eigenvalue weighted by molar-refractivity contribution is 0.0951. The van der Waals surface area contributed by atoms with Crippen LogP contribution in [0.15, 0.2) is 23.0 Å². The topological polar surface area (TPSA) is 92.9 Å². The molecular weight excluding hydrogens is 270 g/mol. The van der Waals surface area contributed by atoms with Crippen molar-refractivity contribution in [3.05, 3.63) is 29.8 Å². The monoisotopic (exact) mass is 289 g/mol. The van der Waals surface area contributed by atoms with E-state index in [2.05, 4.69) is 39.6 Å². The summed E-state index contributed by atoms with van der Waals surface area (Å²) < 4.78 is 4.93. The standard InChI is InChI=1S/C14H19N5O2/c1-9(2)4-5-15-13(20)11-7-16-14(17-8-11)18-12-6-10(3)21-19-12/h6-9H,4-5H2,1-3H3,(H,15,20)(H,16,17,18,19). The molecule has 0 bridgehead atoms. The van der Waals surface area contributed by atoms with E-state index in [9.17, 15) is 4.79 Å². The van der Waals surface area contributed by atoms with Gasteiger partial charge in [-0.3, -0.25) is 4.79 Å². The van der Waals surface area contributed by atoms with Crippen molar-refractivity contribution in [1.82, 2.24) is 20.4 Å². The third-order valence-electron chi connectivity index (χ3n) is 2.79. The highest BCUT2D eigenvalue weighted by atomic mass is 16.5. The number of nitrogens with zero attached hydrogens (tertiary/aromatic N) is 3. The molecule has 2 aromatic heterocycles. The fourth-order valence-electron chi connectivity index (χ4n) is 1.63. The number of hydrogen-bond donors (Lipinski definition) is 2. The number of hydrogen-bond acceptors (Lipinski definition) is 6. The second kappa shape index (κ2) is 6.83. The Kier molecular flexibility index (Phi) is 4.86. The van der Waals surface area contributed by atoms with Gasteiger partial charge in [-0.15, -0.1) is 0 Å². The van der Waals surface area contributed by atoms with Crippen LogP contribution in [0.4, 0.5) is 11.8 Å². The average Bonchev–Trinajstić information content (AvgIpc) is 2.84. The van der Waals surface area contributed by atoms with E-state index in [-0.39, 0.29) is 5.91 Å². The molecule has 0 aliphatic carbocycles. The average molecular weight is 289 g/mol. The van der Waals surface area contributed by atoms with Crippen molar-refractivity contribution in [2.45, 2.75) is 27.2 Å². The summed E-state index contributed by atoms with van der Waals surface area (Å²) in [6.45, 7) is 6.67. The number of carbonyl (C=O) groups is 1. The molecule has 0 fully saturated rings. The Morgan fingerprint density at radius 2 is 2.05 bits per heavy atom. The first-order chi connectivity index (χ1) is 10.0. The smallest absolute Gasteiger partial charge is 0.254 e. The molecule has 21 heavy (non-hydrogen) atoms. The highest BCUT2D eigenvalue weighted by Crippen LogP contribution is 2.12. The molecule has 0 aliphatic rings. The lowest BCUT2D eigenvalue weighted by Crippen LogP contribution is -2.25. The van der Waals surface area contributed by atoms with E-state index in [1.54, 1.807) is 13.0 Å². The molecule has 2 aromatic rings. The quantitative estimate of drug-likeness (QED) is 0.847. The van der Waals surface area contributed by atoms with Crippen LogP contribution in [-0.2, 0) is 0 Å². The van der Waals surface area contributed by atoms with E-state index < -0.39 is 0 Å². The molecule has 7 heteroatoms. The van der Waals surface area contributed by atoms with Gasteiger partial charge in [0.2, 0.25) is 5.95 Å². The number of rotatable bonds is 6. The van der Waals surface area contributed by atoms with E-state index in [1.165, 1.54) is 12.4 Å². The summed E-state index contributed by atoms with van der Waals surface area (Å²) in [6, 6.07) is 1.73. The van der Waals surface area contributed by atoms with Crippen LogP contribution in [0.25, 0.3) is 0 Å². The molecule has 0 unspecified atom stereocenters. The van der Waals surface area contributed by atoms with Crippen LogP contribution < -0.4 is 10.6 Å². The van der Waals surface area contributed by atoms with Crippen molar-refractivity contribution in [2.24, 2.45) is 5.92 Å². The Balaban J connectivity index is 1.90. The van der Waals surface area contributed by atoms with Gasteiger partial charge in [-0.05, 0) is 19.3 Å². The SMILES string of the molecule is Cc1cc(Nc2ncc(C(=O)NCCC(C)C)cn2)no1. The molecule has 7 nitrogen and oxygen atoms in total. The first-order valence-electron chi connectivity index (χ1n) is 6.85. The van der Waals surface area contributed by atoms with Crippen LogP contribution in [0.5, 0.6) is 0 Å². The van der Waals surface area contributed by atoms with E-state index in [1.807, 2.05) is 0 Å². The molecule has 0 radical (unpaired) electrons. The predicted octanol–water partition coefficient (Wildman–Crippen LogP) is 2.29. The second-order valence-corrected chi connectivity index (χ2v) is 5.18. The van der Waals surface area contributed by atoms with Crippen LogP contribution in [0.3, 0.4) is 0 Å². The highest BCUT2D eigenvalue weighted by molar-refractivity contribution is 5.93. The summed E-state index contributed by atoms with van der Waals surface area (Å²) in [5, 5.41) is 9.51. The fraction of sp³-hybridized carbons (Fsp3) is 0.429. The maximum absolute atomic E-state index is 11.9. The zero-order chi connectivity index (χ0) is 15.2. The van der Waals surface area contributed by atoms with Gasteiger partial charge in [-0.2, -0.15) is 0 Å². The molecule has 2 N–H and O–H groups in total. The lowest BCUT2D eigenvalue weighted by Gasteiger charge is -2.07. The van der Waals surface area contributed by atoms with Crippen molar-refractivity contribution < 1.29 is 9.32 Å². The molecule has 1 amide bonds. The number of nitrogens with one attached hydrogen (secondary N) is 2. The van der Waals surface area contributed by atoms with E-state index in [0.717, 1.165) is 6.42 Å². The minimum atomic E-state index is -0.167. The molecule has 0 aromatic carbocycles. The molecule has 0 saturated carbocycles. The van der Waals surface area contributed by atoms with Crippen molar-refractivity contribution >= 4 is 17.7 Å². The Hall–Kier alpha value is -2.44. The molecule has 0 spiro atoms. The van der Waals surface area contributed by atoms with Crippen LogP contribution in [0, 0.1) is 12.8 Å². The maximum Gasteiger partial charge on any atom is 0.254 e. The van der Waals surface area contributed by atoms with Gasteiger partial charge in [0.05, 0.1) is 5.56 Å². The normalized spacial score (nSPS) is 10.7. The molecule has 2 heterocycles. The summed E-state index contributed by atoms with van der Waals surface area (Å²) in [5.74, 6) is 1.97. The number of aryl methyl sites for hydroxylation is 1. The van der Waals surface area contributed by atoms with Gasteiger partial charge in [0.1, 0.15) is 5.76 Å². The van der Waals surface area contributed by atoms with Gasteiger partial charge in [-0.1, -0.05) is 19.0 Å². The van der Waals surface area contributed by atoms with Gasteiger partial charge in [0, 0.05) is 25.0 Å². The predicted molar refractivity (Wildman–Crippen MR) is 78.3 cm³/mol.